The summed E-state index contributed by atoms with van der Waals surface area (Å²) in [7, 11) is 0. The molecule has 82 valence electrons. The number of nitrogens with one attached hydrogen (secondary N) is 2. The maximum absolute atomic E-state index is 10.6. The molecule has 2 rings (SSSR count). The van der Waals surface area contributed by atoms with Crippen LogP contribution < -0.4 is 0 Å². The standard InChI is InChI=1S/C7H5N5O4/c13-7(14)4-1-3(9-10-4)6-5(12(15)16)2-8-11-6/h1-2H,(H,8,11)(H,9,10)(H,13,14). The second-order valence-corrected chi connectivity index (χ2v) is 2.86. The van der Waals surface area contributed by atoms with Crippen LogP contribution in [0, 0.1) is 10.1 Å². The van der Waals surface area contributed by atoms with Gasteiger partial charge in [-0.2, -0.15) is 10.2 Å². The Hall–Kier alpha value is -2.71. The Morgan fingerprint density at radius 1 is 1.50 bits per heavy atom. The summed E-state index contributed by atoms with van der Waals surface area (Å²) >= 11 is 0. The molecule has 9 heteroatoms. The predicted molar refractivity (Wildman–Crippen MR) is 49.8 cm³/mol. The van der Waals surface area contributed by atoms with Gasteiger partial charge < -0.3 is 5.11 Å². The topological polar surface area (TPSA) is 138 Å². The molecule has 2 aromatic rings. The fourth-order valence-electron chi connectivity index (χ4n) is 1.17. The molecule has 0 saturated carbocycles. The van der Waals surface area contributed by atoms with Crippen molar-refractivity contribution in [2.24, 2.45) is 0 Å². The maximum Gasteiger partial charge on any atom is 0.353 e. The van der Waals surface area contributed by atoms with Crippen LogP contribution in [-0.2, 0) is 0 Å². The molecule has 0 radical (unpaired) electrons. The minimum absolute atomic E-state index is 0.0637. The first-order valence-corrected chi connectivity index (χ1v) is 4.06. The second kappa shape index (κ2) is 3.46. The Labute approximate surface area is 87.3 Å². The van der Waals surface area contributed by atoms with Gasteiger partial charge in [0.25, 0.3) is 0 Å². The molecular weight excluding hydrogens is 218 g/mol. The van der Waals surface area contributed by atoms with E-state index in [-0.39, 0.29) is 22.8 Å². The first kappa shape index (κ1) is 9.83. The quantitative estimate of drug-likeness (QED) is 0.508. The molecule has 16 heavy (non-hydrogen) atoms. The molecule has 2 aromatic heterocycles. The Kier molecular flexibility index (Phi) is 2.12. The lowest BCUT2D eigenvalue weighted by Gasteiger charge is -1.89. The molecule has 2 heterocycles. The Bertz CT molecular complexity index is 557. The van der Waals surface area contributed by atoms with Gasteiger partial charge in [0.1, 0.15) is 17.6 Å². The number of carbonyl (C=O) groups is 1. The number of hydrogen-bond donors (Lipinski definition) is 3. The number of H-pyrrole nitrogens is 2. The molecule has 9 nitrogen and oxygen atoms in total. The lowest BCUT2D eigenvalue weighted by molar-refractivity contribution is -0.384. The number of carboxylic acid groups (broad SMARTS) is 1. The summed E-state index contributed by atoms with van der Waals surface area (Å²) in [4.78, 5) is 20.5. The van der Waals surface area contributed by atoms with Crippen molar-refractivity contribution in [3.63, 3.8) is 0 Å². The van der Waals surface area contributed by atoms with Crippen LogP contribution in [0.3, 0.4) is 0 Å². The fourth-order valence-corrected chi connectivity index (χ4v) is 1.17. The van der Waals surface area contributed by atoms with Crippen molar-refractivity contribution in [3.05, 3.63) is 28.1 Å². The van der Waals surface area contributed by atoms with E-state index >= 15 is 0 Å². The van der Waals surface area contributed by atoms with Crippen molar-refractivity contribution >= 4 is 11.7 Å². The van der Waals surface area contributed by atoms with Crippen molar-refractivity contribution in [2.45, 2.75) is 0 Å². The van der Waals surface area contributed by atoms with Crippen LogP contribution in [0.4, 0.5) is 5.69 Å². The third-order valence-corrected chi connectivity index (χ3v) is 1.88. The van der Waals surface area contributed by atoms with E-state index in [1.54, 1.807) is 0 Å². The van der Waals surface area contributed by atoms with Crippen molar-refractivity contribution < 1.29 is 14.8 Å². The molecule has 0 fully saturated rings. The van der Waals surface area contributed by atoms with Crippen LogP contribution in [0.2, 0.25) is 0 Å². The van der Waals surface area contributed by atoms with Crippen molar-refractivity contribution in [3.8, 4) is 11.4 Å². The Morgan fingerprint density at radius 3 is 2.81 bits per heavy atom. The molecular formula is C7H5N5O4. The highest BCUT2D eigenvalue weighted by atomic mass is 16.6. The number of aromatic nitrogens is 4. The van der Waals surface area contributed by atoms with Gasteiger partial charge in [0.05, 0.1) is 4.92 Å². The summed E-state index contributed by atoms with van der Waals surface area (Å²) in [6.07, 6.45) is 1.03. The van der Waals surface area contributed by atoms with Crippen LogP contribution in [0.5, 0.6) is 0 Å². The van der Waals surface area contributed by atoms with Gasteiger partial charge in [0.2, 0.25) is 0 Å². The van der Waals surface area contributed by atoms with E-state index in [0.29, 0.717) is 0 Å². The molecule has 0 atom stereocenters. The minimum atomic E-state index is -1.19. The number of nitro groups is 1. The summed E-state index contributed by atoms with van der Waals surface area (Å²) < 4.78 is 0. The highest BCUT2D eigenvalue weighted by Crippen LogP contribution is 2.25. The summed E-state index contributed by atoms with van der Waals surface area (Å²) in [5.41, 5.74) is -0.224. The van der Waals surface area contributed by atoms with Gasteiger partial charge in [-0.1, -0.05) is 0 Å². The number of nitrogens with zero attached hydrogens (tertiary/aromatic N) is 3. The monoisotopic (exact) mass is 223 g/mol. The van der Waals surface area contributed by atoms with Crippen LogP contribution in [-0.4, -0.2) is 36.4 Å². The SMILES string of the molecule is O=C(O)c1cc(-c2[nH]ncc2[N+](=O)[O-])n[nH]1. The van der Waals surface area contributed by atoms with Crippen LogP contribution in [0.15, 0.2) is 12.3 Å². The number of rotatable bonds is 3. The molecule has 0 aliphatic heterocycles. The van der Waals surface area contributed by atoms with Gasteiger partial charge in [-0.25, -0.2) is 4.79 Å². The highest BCUT2D eigenvalue weighted by Gasteiger charge is 2.21. The predicted octanol–water partition coefficient (Wildman–Crippen LogP) is 0.406. The van der Waals surface area contributed by atoms with E-state index < -0.39 is 10.9 Å². The van der Waals surface area contributed by atoms with Gasteiger partial charge in [-0.3, -0.25) is 20.3 Å². The zero-order valence-electron chi connectivity index (χ0n) is 7.67. The zero-order chi connectivity index (χ0) is 11.7. The average molecular weight is 223 g/mol. The molecule has 0 spiro atoms. The molecule has 0 aliphatic rings. The van der Waals surface area contributed by atoms with Crippen molar-refractivity contribution in [1.82, 2.24) is 20.4 Å². The lowest BCUT2D eigenvalue weighted by atomic mass is 10.2. The third kappa shape index (κ3) is 1.49. The number of hydrogen-bond acceptors (Lipinski definition) is 5. The normalized spacial score (nSPS) is 10.2. The summed E-state index contributed by atoms with van der Waals surface area (Å²) in [6.45, 7) is 0. The van der Waals surface area contributed by atoms with E-state index in [0.717, 1.165) is 6.20 Å². The lowest BCUT2D eigenvalue weighted by Crippen LogP contribution is -1.95. The van der Waals surface area contributed by atoms with Gasteiger partial charge >= 0.3 is 11.7 Å². The highest BCUT2D eigenvalue weighted by molar-refractivity contribution is 5.87. The fraction of sp³-hybridized carbons (Fsp3) is 0. The number of aromatic amines is 2. The molecule has 0 bridgehead atoms. The molecule has 0 aromatic carbocycles. The first-order chi connectivity index (χ1) is 7.59. The van der Waals surface area contributed by atoms with Crippen LogP contribution >= 0.6 is 0 Å². The molecule has 0 amide bonds. The van der Waals surface area contributed by atoms with E-state index in [4.69, 9.17) is 5.11 Å². The van der Waals surface area contributed by atoms with Crippen LogP contribution in [0.1, 0.15) is 10.5 Å². The zero-order valence-corrected chi connectivity index (χ0v) is 7.67. The molecule has 0 aliphatic carbocycles. The third-order valence-electron chi connectivity index (χ3n) is 1.88. The van der Waals surface area contributed by atoms with Gasteiger partial charge in [-0.05, 0) is 0 Å². The summed E-state index contributed by atoms with van der Waals surface area (Å²) in [5, 5.41) is 31.0. The van der Waals surface area contributed by atoms with Crippen molar-refractivity contribution in [2.75, 3.05) is 0 Å². The van der Waals surface area contributed by atoms with E-state index in [1.165, 1.54) is 6.07 Å². The van der Waals surface area contributed by atoms with Gasteiger partial charge in [0.15, 0.2) is 5.69 Å². The van der Waals surface area contributed by atoms with Gasteiger partial charge in [-0.15, -0.1) is 0 Å². The molecule has 0 unspecified atom stereocenters. The Balaban J connectivity index is 2.46. The maximum atomic E-state index is 10.6. The van der Waals surface area contributed by atoms with Crippen molar-refractivity contribution in [1.29, 1.82) is 0 Å². The van der Waals surface area contributed by atoms with Gasteiger partial charge in [0, 0.05) is 6.07 Å². The summed E-state index contributed by atoms with van der Waals surface area (Å²) in [5.74, 6) is -1.19. The number of aromatic carboxylic acids is 1. The average Bonchev–Trinajstić information content (AvgIpc) is 2.86. The first-order valence-electron chi connectivity index (χ1n) is 4.06. The summed E-state index contributed by atoms with van der Waals surface area (Å²) in [6, 6.07) is 1.18. The number of carboxylic acids is 1. The smallest absolute Gasteiger partial charge is 0.353 e. The minimum Gasteiger partial charge on any atom is -0.477 e. The van der Waals surface area contributed by atoms with Crippen LogP contribution in [0.25, 0.3) is 11.4 Å². The Morgan fingerprint density at radius 2 is 2.25 bits per heavy atom. The largest absolute Gasteiger partial charge is 0.477 e. The van der Waals surface area contributed by atoms with E-state index in [2.05, 4.69) is 20.4 Å². The van der Waals surface area contributed by atoms with E-state index in [1.807, 2.05) is 0 Å². The molecule has 3 N–H and O–H groups in total. The molecule has 0 saturated heterocycles. The second-order valence-electron chi connectivity index (χ2n) is 2.86. The van der Waals surface area contributed by atoms with E-state index in [9.17, 15) is 14.9 Å².